The molecule has 1 saturated carbocycles. The van der Waals surface area contributed by atoms with Crippen molar-refractivity contribution in [1.29, 1.82) is 5.26 Å². The van der Waals surface area contributed by atoms with E-state index in [2.05, 4.69) is 20.9 Å². The number of halogens is 1. The first-order chi connectivity index (χ1) is 22.7. The second kappa shape index (κ2) is 12.1. The van der Waals surface area contributed by atoms with E-state index in [1.165, 1.54) is 12.4 Å². The van der Waals surface area contributed by atoms with E-state index < -0.39 is 11.4 Å². The molecule has 240 valence electrons. The lowest BCUT2D eigenvalue weighted by Crippen LogP contribution is -2.47. The summed E-state index contributed by atoms with van der Waals surface area (Å²) in [5.74, 6) is 0.244. The zero-order valence-electron chi connectivity index (χ0n) is 26.3. The normalized spacial score (nSPS) is 17.9. The number of carbonyl (C=O) groups excluding carboxylic acids is 1. The van der Waals surface area contributed by atoms with Crippen molar-refractivity contribution in [2.45, 2.75) is 63.7 Å². The Bertz CT molecular complexity index is 1940. The van der Waals surface area contributed by atoms with Crippen molar-refractivity contribution in [3.8, 4) is 28.8 Å². The van der Waals surface area contributed by atoms with Gasteiger partial charge in [0.1, 0.15) is 59.7 Å². The van der Waals surface area contributed by atoms with Crippen molar-refractivity contribution in [3.63, 3.8) is 0 Å². The number of amides is 1. The molecular weight excluding hydrogens is 599 g/mol. The number of likely N-dealkylation sites (tertiary alicyclic amines) is 1. The molecule has 4 heterocycles. The molecule has 2 aromatic carbocycles. The minimum absolute atomic E-state index is 0.103. The van der Waals surface area contributed by atoms with Crippen molar-refractivity contribution < 1.29 is 18.7 Å². The third-order valence-electron chi connectivity index (χ3n) is 8.90. The van der Waals surface area contributed by atoms with Gasteiger partial charge in [0.05, 0.1) is 29.2 Å². The Morgan fingerprint density at radius 2 is 1.98 bits per heavy atom. The number of rotatable bonds is 10. The average Bonchev–Trinajstić information content (AvgIpc) is 3.64. The van der Waals surface area contributed by atoms with Gasteiger partial charge in [0, 0.05) is 24.2 Å². The Morgan fingerprint density at radius 3 is 2.66 bits per heavy atom. The SMILES string of the molecule is CC(C)(C=C(C#N)C(=O)N1CCC[C@@H]1Cn1nc(-c2ccc(Oc3ccccc3)cc2F)c2c(N)ncnc21)N(C1=COC1)C1CC1. The number of fused-ring (bicyclic) bond motifs is 1. The molecule has 0 bridgehead atoms. The Kier molecular flexibility index (Phi) is 7.75. The number of nitriles is 1. The first kappa shape index (κ1) is 30.2. The lowest BCUT2D eigenvalue weighted by atomic mass is 9.96. The van der Waals surface area contributed by atoms with Gasteiger partial charge in [0.15, 0.2) is 5.65 Å². The molecule has 1 atom stereocenters. The smallest absolute Gasteiger partial charge is 0.264 e. The van der Waals surface area contributed by atoms with Crippen LogP contribution < -0.4 is 10.5 Å². The molecule has 1 amide bonds. The summed E-state index contributed by atoms with van der Waals surface area (Å²) < 4.78 is 28.4. The number of para-hydroxylation sites is 1. The molecule has 2 aromatic heterocycles. The van der Waals surface area contributed by atoms with E-state index in [1.54, 1.807) is 46.2 Å². The van der Waals surface area contributed by atoms with Gasteiger partial charge in [-0.2, -0.15) is 10.4 Å². The predicted molar refractivity (Wildman–Crippen MR) is 173 cm³/mol. The second-order valence-corrected chi connectivity index (χ2v) is 12.7. The van der Waals surface area contributed by atoms with Crippen LogP contribution in [0.3, 0.4) is 0 Å². The van der Waals surface area contributed by atoms with E-state index in [9.17, 15) is 10.1 Å². The maximum atomic E-state index is 15.6. The summed E-state index contributed by atoms with van der Waals surface area (Å²) in [5.41, 5.74) is 7.88. The summed E-state index contributed by atoms with van der Waals surface area (Å²) >= 11 is 0. The van der Waals surface area contributed by atoms with Gasteiger partial charge in [0.2, 0.25) is 0 Å². The number of nitrogen functional groups attached to an aromatic ring is 1. The van der Waals surface area contributed by atoms with E-state index in [1.807, 2.05) is 32.0 Å². The van der Waals surface area contributed by atoms with Crippen LogP contribution in [0.5, 0.6) is 11.5 Å². The molecule has 0 radical (unpaired) electrons. The van der Waals surface area contributed by atoms with Gasteiger partial charge in [-0.3, -0.25) is 4.79 Å². The van der Waals surface area contributed by atoms with Crippen LogP contribution in [-0.4, -0.2) is 66.2 Å². The molecule has 11 nitrogen and oxygen atoms in total. The Labute approximate surface area is 271 Å². The summed E-state index contributed by atoms with van der Waals surface area (Å²) in [5, 5.41) is 15.4. The lowest BCUT2D eigenvalue weighted by Gasteiger charge is -2.42. The number of nitrogens with zero attached hydrogens (tertiary/aromatic N) is 7. The number of ether oxygens (including phenoxy) is 2. The number of aromatic nitrogens is 4. The highest BCUT2D eigenvalue weighted by molar-refractivity contribution is 5.99. The third kappa shape index (κ3) is 5.85. The highest BCUT2D eigenvalue weighted by Gasteiger charge is 2.42. The number of benzene rings is 2. The fourth-order valence-corrected chi connectivity index (χ4v) is 6.63. The molecule has 0 unspecified atom stereocenters. The van der Waals surface area contributed by atoms with Crippen LogP contribution in [0.2, 0.25) is 0 Å². The summed E-state index contributed by atoms with van der Waals surface area (Å²) in [6.45, 7) is 5.38. The molecule has 12 heteroatoms. The topological polar surface area (TPSA) is 135 Å². The van der Waals surface area contributed by atoms with Gasteiger partial charge in [-0.15, -0.1) is 0 Å². The average molecular weight is 635 g/mol. The maximum absolute atomic E-state index is 15.6. The minimum atomic E-state index is -0.556. The van der Waals surface area contributed by atoms with Crippen molar-refractivity contribution in [2.75, 3.05) is 18.9 Å². The van der Waals surface area contributed by atoms with E-state index in [0.717, 1.165) is 25.0 Å². The van der Waals surface area contributed by atoms with E-state index in [4.69, 9.17) is 20.3 Å². The zero-order chi connectivity index (χ0) is 32.7. The highest BCUT2D eigenvalue weighted by atomic mass is 19.1. The molecule has 7 rings (SSSR count). The van der Waals surface area contributed by atoms with Crippen LogP contribution in [0, 0.1) is 17.1 Å². The molecule has 47 heavy (non-hydrogen) atoms. The molecule has 4 aromatic rings. The van der Waals surface area contributed by atoms with Gasteiger partial charge < -0.3 is 25.0 Å². The molecule has 1 saturated heterocycles. The lowest BCUT2D eigenvalue weighted by molar-refractivity contribution is -0.127. The maximum Gasteiger partial charge on any atom is 0.264 e. The number of hydrogen-bond acceptors (Lipinski definition) is 9. The molecule has 2 aliphatic heterocycles. The quantitative estimate of drug-likeness (QED) is 0.176. The van der Waals surface area contributed by atoms with Crippen LogP contribution in [0.4, 0.5) is 10.2 Å². The molecular formula is C35H35FN8O3. The van der Waals surface area contributed by atoms with Crippen LogP contribution in [0.1, 0.15) is 39.5 Å². The molecule has 2 N–H and O–H groups in total. The minimum Gasteiger partial charge on any atom is -0.493 e. The predicted octanol–water partition coefficient (Wildman–Crippen LogP) is 5.56. The standard InChI is InChI=1S/C35H35FN8O3/c1-35(2,44(23-10-11-23)25-19-46-20-25)16-22(17-37)34(45)42-14-6-7-24(42)18-43-33-30(32(38)39-21-40-33)31(41-43)28-13-12-27(15-29(28)36)47-26-8-4-3-5-9-26/h3-5,8-9,12-13,15-16,19,21,23-24H,6-7,10-11,14,18,20H2,1-2H3,(H2,38,39,40)/t24-/m1/s1. The molecule has 2 fully saturated rings. The summed E-state index contributed by atoms with van der Waals surface area (Å²) in [6.07, 6.45) is 8.50. The number of hydrogen-bond donors (Lipinski definition) is 1. The molecule has 0 spiro atoms. The molecule has 3 aliphatic rings. The van der Waals surface area contributed by atoms with E-state index in [-0.39, 0.29) is 35.4 Å². The summed E-state index contributed by atoms with van der Waals surface area (Å²) in [7, 11) is 0. The highest BCUT2D eigenvalue weighted by Crippen LogP contribution is 2.39. The van der Waals surface area contributed by atoms with Crippen molar-refractivity contribution >= 4 is 22.8 Å². The van der Waals surface area contributed by atoms with Gasteiger partial charge in [0.25, 0.3) is 5.91 Å². The van der Waals surface area contributed by atoms with Gasteiger partial charge in [-0.1, -0.05) is 18.2 Å². The van der Waals surface area contributed by atoms with Crippen molar-refractivity contribution in [2.24, 2.45) is 0 Å². The Morgan fingerprint density at radius 1 is 1.19 bits per heavy atom. The number of anilines is 1. The van der Waals surface area contributed by atoms with E-state index >= 15 is 4.39 Å². The van der Waals surface area contributed by atoms with Gasteiger partial charge >= 0.3 is 0 Å². The Hall–Kier alpha value is -5.44. The first-order valence-electron chi connectivity index (χ1n) is 15.8. The first-order valence-corrected chi connectivity index (χ1v) is 15.8. The van der Waals surface area contributed by atoms with Gasteiger partial charge in [-0.25, -0.2) is 19.0 Å². The number of nitrogens with two attached hydrogens (primary N) is 1. The number of carbonyl (C=O) groups is 1. The zero-order valence-corrected chi connectivity index (χ0v) is 26.3. The van der Waals surface area contributed by atoms with Crippen LogP contribution in [-0.2, 0) is 16.1 Å². The van der Waals surface area contributed by atoms with Crippen molar-refractivity contribution in [3.05, 3.63) is 84.3 Å². The summed E-state index contributed by atoms with van der Waals surface area (Å²) in [6, 6.07) is 16.0. The van der Waals surface area contributed by atoms with Gasteiger partial charge in [-0.05, 0) is 69.9 Å². The largest absolute Gasteiger partial charge is 0.493 e. The van der Waals surface area contributed by atoms with E-state index in [0.29, 0.717) is 53.8 Å². The van der Waals surface area contributed by atoms with Crippen LogP contribution in [0.15, 0.2) is 78.5 Å². The van der Waals surface area contributed by atoms with Crippen LogP contribution in [0.25, 0.3) is 22.3 Å². The second-order valence-electron chi connectivity index (χ2n) is 12.7. The Balaban J connectivity index is 1.16. The van der Waals surface area contributed by atoms with Crippen molar-refractivity contribution in [1.82, 2.24) is 29.5 Å². The summed E-state index contributed by atoms with van der Waals surface area (Å²) in [4.78, 5) is 26.5. The molecule has 1 aliphatic carbocycles. The fraction of sp³-hybridized carbons (Fsp3) is 0.343. The monoisotopic (exact) mass is 634 g/mol. The van der Waals surface area contributed by atoms with Crippen LogP contribution >= 0.6 is 0 Å². The fourth-order valence-electron chi connectivity index (χ4n) is 6.63. The third-order valence-corrected chi connectivity index (χ3v) is 8.90.